The van der Waals surface area contributed by atoms with Crippen molar-refractivity contribution in [1.82, 2.24) is 9.55 Å². The van der Waals surface area contributed by atoms with Crippen LogP contribution in [-0.4, -0.2) is 9.55 Å². The van der Waals surface area contributed by atoms with E-state index < -0.39 is 11.9 Å². The second kappa shape index (κ2) is 3.49. The monoisotopic (exact) mass is 308 g/mol. The summed E-state index contributed by atoms with van der Waals surface area (Å²) in [4.78, 5) is 0. The summed E-state index contributed by atoms with van der Waals surface area (Å²) in [5, 5.41) is 3.70. The molecule has 1 aromatic rings. The van der Waals surface area contributed by atoms with E-state index in [0.717, 1.165) is 10.5 Å². The van der Waals surface area contributed by atoms with Gasteiger partial charge in [0.2, 0.25) is 0 Å². The van der Waals surface area contributed by atoms with Gasteiger partial charge in [0.25, 0.3) is 0 Å². The molecule has 68 valence electrons. The predicted molar refractivity (Wildman–Crippen MR) is 49.7 cm³/mol. The molecule has 0 aliphatic carbocycles. The van der Waals surface area contributed by atoms with E-state index in [1.807, 2.05) is 22.0 Å². The van der Waals surface area contributed by atoms with Crippen LogP contribution in [-0.2, 0) is 6.18 Å². The van der Waals surface area contributed by atoms with Crippen molar-refractivity contribution in [2.45, 2.75) is 13.1 Å². The van der Waals surface area contributed by atoms with E-state index in [0.29, 0.717) is 5.69 Å². The molecule has 0 radical (unpaired) electrons. The lowest BCUT2D eigenvalue weighted by Gasteiger charge is -2.06. The van der Waals surface area contributed by atoms with Gasteiger partial charge in [0.15, 0.2) is 0 Å². The molecule has 0 fully saturated rings. The van der Waals surface area contributed by atoms with Crippen LogP contribution in [0.25, 0.3) is 0 Å². The lowest BCUT2D eigenvalue weighted by atomic mass is 10.4. The van der Waals surface area contributed by atoms with Crippen LogP contribution in [0.15, 0.2) is 6.07 Å². The summed E-state index contributed by atoms with van der Waals surface area (Å²) < 4.78 is 37.5. The first-order chi connectivity index (χ1) is 5.45. The molecule has 7 heteroatoms. The highest BCUT2D eigenvalue weighted by atomic mass is 127. The molecule has 12 heavy (non-hydrogen) atoms. The van der Waals surface area contributed by atoms with E-state index in [4.69, 9.17) is 0 Å². The molecule has 0 amide bonds. The Balaban J connectivity index is 3.13. The lowest BCUT2D eigenvalue weighted by Crippen LogP contribution is -2.09. The van der Waals surface area contributed by atoms with Gasteiger partial charge in [-0.25, -0.2) is 4.45 Å². The van der Waals surface area contributed by atoms with E-state index in [9.17, 15) is 13.2 Å². The molecule has 1 heterocycles. The summed E-state index contributed by atoms with van der Waals surface area (Å²) in [6, 6.07) is 1.05. The number of halogens is 4. The van der Waals surface area contributed by atoms with Crippen molar-refractivity contribution < 1.29 is 13.2 Å². The third-order valence-corrected chi connectivity index (χ3v) is 3.07. The second-order valence-electron chi connectivity index (χ2n) is 2.17. The van der Waals surface area contributed by atoms with Gasteiger partial charge < -0.3 is 0 Å². The van der Waals surface area contributed by atoms with Gasteiger partial charge in [0, 0.05) is 0 Å². The molecule has 0 aliphatic rings. The number of rotatable bonds is 1. The van der Waals surface area contributed by atoms with Crippen molar-refractivity contribution in [1.29, 1.82) is 0 Å². The molecule has 1 unspecified atom stereocenters. The quantitative estimate of drug-likeness (QED) is 0.576. The number of aryl methyl sites for hydroxylation is 1. The number of hydrogen-bond acceptors (Lipinski definition) is 1. The number of nitrogens with zero attached hydrogens (tertiary/aromatic N) is 2. The molecular weight excluding hydrogens is 303 g/mol. The molecule has 0 saturated heterocycles. The zero-order valence-electron chi connectivity index (χ0n) is 5.98. The van der Waals surface area contributed by atoms with E-state index in [1.54, 1.807) is 6.92 Å². The summed E-state index contributed by atoms with van der Waals surface area (Å²) in [6.07, 6.45) is -4.31. The Morgan fingerprint density at radius 3 is 2.50 bits per heavy atom. The summed E-state index contributed by atoms with van der Waals surface area (Å²) in [6.45, 7) is 1.54. The first kappa shape index (κ1) is 10.2. The normalized spacial score (nSPS) is 13.1. The van der Waals surface area contributed by atoms with Crippen molar-refractivity contribution in [3.8, 4) is 0 Å². The molecular formula is C5H5F3IN2P. The van der Waals surface area contributed by atoms with Crippen molar-refractivity contribution >= 4 is 28.4 Å². The van der Waals surface area contributed by atoms with Crippen LogP contribution in [0.5, 0.6) is 0 Å². The maximum absolute atomic E-state index is 12.2. The van der Waals surface area contributed by atoms with Gasteiger partial charge in [-0.2, -0.15) is 18.3 Å². The summed E-state index contributed by atoms with van der Waals surface area (Å²) >= 11 is 1.86. The van der Waals surface area contributed by atoms with Crippen LogP contribution in [0.4, 0.5) is 13.2 Å². The van der Waals surface area contributed by atoms with Gasteiger partial charge in [-0.05, 0) is 35.0 Å². The van der Waals surface area contributed by atoms with Gasteiger partial charge in [-0.15, -0.1) is 0 Å². The van der Waals surface area contributed by atoms with Gasteiger partial charge >= 0.3 is 6.18 Å². The first-order valence-corrected chi connectivity index (χ1v) is 7.02. The second-order valence-corrected chi connectivity index (χ2v) is 4.20. The summed E-state index contributed by atoms with van der Waals surface area (Å²) in [5.74, 6) is 0. The van der Waals surface area contributed by atoms with Crippen LogP contribution < -0.4 is 0 Å². The average molecular weight is 308 g/mol. The van der Waals surface area contributed by atoms with Crippen LogP contribution >= 0.6 is 28.4 Å². The maximum Gasteiger partial charge on any atom is 0.433 e. The zero-order chi connectivity index (χ0) is 9.35. The number of hydrogen-bond donors (Lipinski definition) is 0. The number of aromatic nitrogens is 2. The molecule has 0 N–H and O–H groups in total. The molecule has 1 aromatic heterocycles. The fourth-order valence-electron chi connectivity index (χ4n) is 0.766. The highest BCUT2D eigenvalue weighted by molar-refractivity contribution is 14.2. The number of alkyl halides is 3. The van der Waals surface area contributed by atoms with E-state index in [1.165, 1.54) is 0 Å². The smallest absolute Gasteiger partial charge is 0.233 e. The fourth-order valence-corrected chi connectivity index (χ4v) is 2.35. The Labute approximate surface area is 81.8 Å². The minimum atomic E-state index is -4.29. The molecule has 0 saturated carbocycles. The first-order valence-electron chi connectivity index (χ1n) is 2.95. The molecule has 1 atom stereocenters. The van der Waals surface area contributed by atoms with E-state index in [2.05, 4.69) is 5.10 Å². The van der Waals surface area contributed by atoms with Crippen molar-refractivity contribution in [3.05, 3.63) is 17.5 Å². The van der Waals surface area contributed by atoms with Crippen LogP contribution in [0.2, 0.25) is 0 Å². The molecule has 1 rings (SSSR count). The molecule has 2 nitrogen and oxygen atoms in total. The third-order valence-electron chi connectivity index (χ3n) is 1.20. The summed E-state index contributed by atoms with van der Waals surface area (Å²) in [5.41, 5.74) is -0.278. The van der Waals surface area contributed by atoms with Gasteiger partial charge in [-0.1, -0.05) is 0 Å². The third kappa shape index (κ3) is 2.10. The van der Waals surface area contributed by atoms with Gasteiger partial charge in [0.1, 0.15) is 5.69 Å². The molecule has 0 spiro atoms. The SMILES string of the molecule is Cc1cc(C(F)(F)F)n(PI)n1. The van der Waals surface area contributed by atoms with Gasteiger partial charge in [0.05, 0.1) is 12.1 Å². The highest BCUT2D eigenvalue weighted by Gasteiger charge is 2.35. The summed E-state index contributed by atoms with van der Waals surface area (Å²) in [7, 11) is 0. The van der Waals surface area contributed by atoms with Crippen LogP contribution in [0, 0.1) is 6.92 Å². The fraction of sp³-hybridized carbons (Fsp3) is 0.400. The Bertz CT molecular complexity index is 283. The van der Waals surface area contributed by atoms with Crippen molar-refractivity contribution in [3.63, 3.8) is 0 Å². The highest BCUT2D eigenvalue weighted by Crippen LogP contribution is 2.35. The Morgan fingerprint density at radius 1 is 1.58 bits per heavy atom. The van der Waals surface area contributed by atoms with E-state index in [-0.39, 0.29) is 6.37 Å². The predicted octanol–water partition coefficient (Wildman–Crippen LogP) is 3.00. The standard InChI is InChI=1S/C5H5F3IN2P/c1-3-2-4(5(6,7)8)11(10-3)12-9/h2,12H,1H3. The minimum absolute atomic E-state index is 0.0212. The average Bonchev–Trinajstić information content (AvgIpc) is 2.29. The van der Waals surface area contributed by atoms with Crippen molar-refractivity contribution in [2.75, 3.05) is 0 Å². The van der Waals surface area contributed by atoms with Gasteiger partial charge in [-0.3, -0.25) is 0 Å². The van der Waals surface area contributed by atoms with Crippen LogP contribution in [0.1, 0.15) is 11.4 Å². The van der Waals surface area contributed by atoms with Crippen LogP contribution in [0.3, 0.4) is 0 Å². The zero-order valence-corrected chi connectivity index (χ0v) is 9.14. The minimum Gasteiger partial charge on any atom is -0.233 e. The van der Waals surface area contributed by atoms with Crippen molar-refractivity contribution in [2.24, 2.45) is 0 Å². The lowest BCUT2D eigenvalue weighted by molar-refractivity contribution is -0.141. The topological polar surface area (TPSA) is 17.8 Å². The molecule has 0 aliphatic heterocycles. The van der Waals surface area contributed by atoms with E-state index >= 15 is 0 Å². The molecule has 0 bridgehead atoms. The Hall–Kier alpha value is 0.160. The maximum atomic E-state index is 12.2. The Kier molecular flexibility index (Phi) is 2.98. The molecule has 0 aromatic carbocycles. The largest absolute Gasteiger partial charge is 0.433 e. The Morgan fingerprint density at radius 2 is 2.17 bits per heavy atom.